The van der Waals surface area contributed by atoms with Crippen molar-refractivity contribution in [3.8, 4) is 0 Å². The van der Waals surface area contributed by atoms with Gasteiger partial charge >= 0.3 is 0 Å². The molecule has 2 rings (SSSR count). The first kappa shape index (κ1) is 8.59. The molecule has 12 heavy (non-hydrogen) atoms. The minimum atomic E-state index is 0.581. The molecule has 0 nitrogen and oxygen atoms in total. The molecule has 2 aliphatic rings. The Morgan fingerprint density at radius 3 is 2.00 bits per heavy atom. The molecule has 0 aliphatic heterocycles. The first-order valence-corrected chi connectivity index (χ1v) is 5.55. The lowest BCUT2D eigenvalue weighted by Crippen LogP contribution is -2.18. The van der Waals surface area contributed by atoms with E-state index in [9.17, 15) is 0 Å². The molecular weight excluding hydrogens is 144 g/mol. The van der Waals surface area contributed by atoms with E-state index in [1.54, 1.807) is 0 Å². The van der Waals surface area contributed by atoms with E-state index >= 15 is 0 Å². The molecule has 0 N–H and O–H groups in total. The minimum absolute atomic E-state index is 0.581. The monoisotopic (exact) mass is 166 g/mol. The normalized spacial score (nSPS) is 33.8. The Hall–Kier alpha value is 0. The fourth-order valence-electron chi connectivity index (χ4n) is 3.38. The summed E-state index contributed by atoms with van der Waals surface area (Å²) in [7, 11) is 0. The van der Waals surface area contributed by atoms with Gasteiger partial charge in [0.05, 0.1) is 0 Å². The third-order valence-corrected chi connectivity index (χ3v) is 4.08. The lowest BCUT2D eigenvalue weighted by atomic mass is 9.77. The van der Waals surface area contributed by atoms with E-state index < -0.39 is 0 Å². The molecule has 1 unspecified atom stereocenters. The first-order valence-electron chi connectivity index (χ1n) is 5.55. The van der Waals surface area contributed by atoms with Crippen LogP contribution in [0.1, 0.15) is 59.3 Å². The minimum Gasteiger partial charge on any atom is -0.0599 e. The summed E-state index contributed by atoms with van der Waals surface area (Å²) in [5.41, 5.74) is 1.41. The zero-order valence-electron chi connectivity index (χ0n) is 8.82. The highest BCUT2D eigenvalue weighted by atomic mass is 14.6. The third kappa shape index (κ3) is 1.30. The average molecular weight is 166 g/mol. The van der Waals surface area contributed by atoms with Gasteiger partial charge < -0.3 is 0 Å². The van der Waals surface area contributed by atoms with Crippen LogP contribution < -0.4 is 0 Å². The Morgan fingerprint density at radius 1 is 1.00 bits per heavy atom. The van der Waals surface area contributed by atoms with Crippen LogP contribution in [0.15, 0.2) is 0 Å². The van der Waals surface area contributed by atoms with E-state index in [-0.39, 0.29) is 0 Å². The summed E-state index contributed by atoms with van der Waals surface area (Å²) in [6, 6.07) is 0. The summed E-state index contributed by atoms with van der Waals surface area (Å²) in [6.07, 6.45) is 9.12. The summed E-state index contributed by atoms with van der Waals surface area (Å²) < 4.78 is 0. The van der Waals surface area contributed by atoms with Crippen LogP contribution in [0, 0.1) is 16.7 Å². The van der Waals surface area contributed by atoms with E-state index in [1.807, 2.05) is 0 Å². The van der Waals surface area contributed by atoms with Crippen molar-refractivity contribution in [3.63, 3.8) is 0 Å². The maximum atomic E-state index is 2.42. The molecule has 0 bridgehead atoms. The molecule has 0 radical (unpaired) electrons. The van der Waals surface area contributed by atoms with E-state index in [0.29, 0.717) is 5.41 Å². The molecule has 2 saturated carbocycles. The van der Waals surface area contributed by atoms with Gasteiger partial charge in [-0.15, -0.1) is 0 Å². The zero-order chi connectivity index (χ0) is 8.82. The van der Waals surface area contributed by atoms with E-state index in [2.05, 4.69) is 20.8 Å². The second-order valence-corrected chi connectivity index (χ2v) is 6.05. The second kappa shape index (κ2) is 2.49. The summed E-state index contributed by atoms with van der Waals surface area (Å²) in [5.74, 6) is 1.05. The lowest BCUT2D eigenvalue weighted by Gasteiger charge is -2.28. The van der Waals surface area contributed by atoms with Crippen LogP contribution in [-0.4, -0.2) is 0 Å². The van der Waals surface area contributed by atoms with Gasteiger partial charge in [-0.1, -0.05) is 40.0 Å². The topological polar surface area (TPSA) is 0 Å². The Bertz CT molecular complexity index is 167. The SMILES string of the molecule is CC(C)(C)C1CC12CCCCC2. The van der Waals surface area contributed by atoms with Crippen molar-refractivity contribution in [3.05, 3.63) is 0 Å². The second-order valence-electron chi connectivity index (χ2n) is 6.05. The van der Waals surface area contributed by atoms with Crippen LogP contribution >= 0.6 is 0 Å². The van der Waals surface area contributed by atoms with Crippen LogP contribution in [0.2, 0.25) is 0 Å². The predicted octanol–water partition coefficient (Wildman–Crippen LogP) is 4.00. The van der Waals surface area contributed by atoms with Gasteiger partial charge in [0, 0.05) is 0 Å². The number of hydrogen-bond acceptors (Lipinski definition) is 0. The van der Waals surface area contributed by atoms with E-state index in [4.69, 9.17) is 0 Å². The highest BCUT2D eigenvalue weighted by molar-refractivity contribution is 5.07. The molecule has 0 heteroatoms. The number of hydrogen-bond donors (Lipinski definition) is 0. The van der Waals surface area contributed by atoms with Gasteiger partial charge in [-0.25, -0.2) is 0 Å². The van der Waals surface area contributed by atoms with Crippen molar-refractivity contribution >= 4 is 0 Å². The molecule has 0 heterocycles. The number of rotatable bonds is 0. The van der Waals surface area contributed by atoms with Gasteiger partial charge in [-0.2, -0.15) is 0 Å². The van der Waals surface area contributed by atoms with Gasteiger partial charge in [0.15, 0.2) is 0 Å². The summed E-state index contributed by atoms with van der Waals surface area (Å²) in [5, 5.41) is 0. The lowest BCUT2D eigenvalue weighted by molar-refractivity contribution is 0.227. The Balaban J connectivity index is 1.99. The largest absolute Gasteiger partial charge is 0.0599 e. The van der Waals surface area contributed by atoms with Crippen LogP contribution in [-0.2, 0) is 0 Å². The van der Waals surface area contributed by atoms with Crippen molar-refractivity contribution in [2.75, 3.05) is 0 Å². The smallest absolute Gasteiger partial charge is 0.0261 e. The van der Waals surface area contributed by atoms with Gasteiger partial charge in [0.2, 0.25) is 0 Å². The molecule has 0 amide bonds. The molecular formula is C12H22. The van der Waals surface area contributed by atoms with Gasteiger partial charge in [-0.3, -0.25) is 0 Å². The van der Waals surface area contributed by atoms with Crippen molar-refractivity contribution in [1.29, 1.82) is 0 Å². The fraction of sp³-hybridized carbons (Fsp3) is 1.00. The first-order chi connectivity index (χ1) is 5.55. The average Bonchev–Trinajstić information content (AvgIpc) is 2.65. The molecule has 70 valence electrons. The van der Waals surface area contributed by atoms with Gasteiger partial charge in [0.1, 0.15) is 0 Å². The third-order valence-electron chi connectivity index (χ3n) is 4.08. The molecule has 0 aromatic heterocycles. The molecule has 0 aromatic rings. The van der Waals surface area contributed by atoms with Crippen molar-refractivity contribution in [2.24, 2.45) is 16.7 Å². The summed E-state index contributed by atoms with van der Waals surface area (Å²) in [4.78, 5) is 0. The molecule has 2 aliphatic carbocycles. The van der Waals surface area contributed by atoms with Crippen LogP contribution in [0.5, 0.6) is 0 Å². The van der Waals surface area contributed by atoms with Gasteiger partial charge in [-0.05, 0) is 36.0 Å². The predicted molar refractivity (Wildman–Crippen MR) is 53.1 cm³/mol. The molecule has 0 saturated heterocycles. The summed E-state index contributed by atoms with van der Waals surface area (Å²) in [6.45, 7) is 7.25. The van der Waals surface area contributed by atoms with E-state index in [0.717, 1.165) is 11.3 Å². The standard InChI is InChI=1S/C12H22/c1-11(2,3)10-9-12(10)7-5-4-6-8-12/h10H,4-9H2,1-3H3. The molecule has 1 atom stereocenters. The van der Waals surface area contributed by atoms with Crippen LogP contribution in [0.3, 0.4) is 0 Å². The maximum absolute atomic E-state index is 2.42. The highest BCUT2D eigenvalue weighted by Crippen LogP contribution is 2.67. The van der Waals surface area contributed by atoms with Crippen LogP contribution in [0.4, 0.5) is 0 Å². The van der Waals surface area contributed by atoms with Crippen molar-refractivity contribution < 1.29 is 0 Å². The van der Waals surface area contributed by atoms with Crippen LogP contribution in [0.25, 0.3) is 0 Å². The van der Waals surface area contributed by atoms with Crippen molar-refractivity contribution in [2.45, 2.75) is 59.3 Å². The maximum Gasteiger partial charge on any atom is -0.0261 e. The molecule has 0 aromatic carbocycles. The molecule has 1 spiro atoms. The zero-order valence-corrected chi connectivity index (χ0v) is 8.82. The highest BCUT2D eigenvalue weighted by Gasteiger charge is 2.57. The van der Waals surface area contributed by atoms with Gasteiger partial charge in [0.25, 0.3) is 0 Å². The van der Waals surface area contributed by atoms with Crippen molar-refractivity contribution in [1.82, 2.24) is 0 Å². The Labute approximate surface area is 76.7 Å². The Kier molecular flexibility index (Phi) is 1.79. The quantitative estimate of drug-likeness (QED) is 0.510. The fourth-order valence-corrected chi connectivity index (χ4v) is 3.38. The Morgan fingerprint density at radius 2 is 1.58 bits per heavy atom. The summed E-state index contributed by atoms with van der Waals surface area (Å²) >= 11 is 0. The van der Waals surface area contributed by atoms with E-state index in [1.165, 1.54) is 38.5 Å². The molecule has 2 fully saturated rings.